The van der Waals surface area contributed by atoms with E-state index >= 15 is 0 Å². The van der Waals surface area contributed by atoms with Crippen LogP contribution in [0.3, 0.4) is 0 Å². The van der Waals surface area contributed by atoms with Gasteiger partial charge in [-0.25, -0.2) is 4.79 Å². The lowest BCUT2D eigenvalue weighted by molar-refractivity contribution is -0.117. The molecule has 1 heterocycles. The Morgan fingerprint density at radius 2 is 1.86 bits per heavy atom. The van der Waals surface area contributed by atoms with Crippen molar-refractivity contribution in [1.29, 1.82) is 0 Å². The molecule has 0 aromatic heterocycles. The normalized spacial score (nSPS) is 16.5. The Labute approximate surface area is 168 Å². The summed E-state index contributed by atoms with van der Waals surface area (Å²) in [6.45, 7) is 8.70. The topological polar surface area (TPSA) is 73.9 Å². The van der Waals surface area contributed by atoms with E-state index in [1.54, 1.807) is 12.0 Å². The minimum absolute atomic E-state index is 0.0187. The van der Waals surface area contributed by atoms with E-state index in [2.05, 4.69) is 29.4 Å². The molecule has 0 bridgehead atoms. The second-order valence-electron chi connectivity index (χ2n) is 7.20. The zero-order chi connectivity index (χ0) is 20.4. The van der Waals surface area contributed by atoms with Crippen molar-refractivity contribution < 1.29 is 14.3 Å². The van der Waals surface area contributed by atoms with Crippen LogP contribution < -0.4 is 20.3 Å². The van der Waals surface area contributed by atoms with Gasteiger partial charge in [-0.05, 0) is 63.2 Å². The summed E-state index contributed by atoms with van der Waals surface area (Å²) in [6.07, 6.45) is 3.54. The predicted octanol–water partition coefficient (Wildman–Crippen LogP) is 2.61. The SMILES string of the molecule is CCCN(CCC)CCCNC(=O)N[C@H]1CC(=O)N(c2ccc(OC)cc2)C1. The van der Waals surface area contributed by atoms with Crippen molar-refractivity contribution in [3.05, 3.63) is 24.3 Å². The van der Waals surface area contributed by atoms with Gasteiger partial charge in [-0.15, -0.1) is 0 Å². The van der Waals surface area contributed by atoms with Gasteiger partial charge < -0.3 is 25.2 Å². The van der Waals surface area contributed by atoms with Crippen LogP contribution in [0.4, 0.5) is 10.5 Å². The lowest BCUT2D eigenvalue weighted by Crippen LogP contribution is -2.44. The number of benzene rings is 1. The van der Waals surface area contributed by atoms with E-state index in [9.17, 15) is 9.59 Å². The van der Waals surface area contributed by atoms with Gasteiger partial charge >= 0.3 is 6.03 Å². The maximum atomic E-state index is 12.3. The molecule has 2 rings (SSSR count). The maximum Gasteiger partial charge on any atom is 0.315 e. The summed E-state index contributed by atoms with van der Waals surface area (Å²) in [6, 6.07) is 7.00. The third-order valence-corrected chi connectivity index (χ3v) is 4.86. The average molecular weight is 391 g/mol. The lowest BCUT2D eigenvalue weighted by Gasteiger charge is -2.21. The number of urea groups is 1. The Morgan fingerprint density at radius 1 is 1.18 bits per heavy atom. The van der Waals surface area contributed by atoms with Gasteiger partial charge in [0.25, 0.3) is 0 Å². The summed E-state index contributed by atoms with van der Waals surface area (Å²) in [5, 5.41) is 5.83. The van der Waals surface area contributed by atoms with Gasteiger partial charge in [-0.2, -0.15) is 0 Å². The van der Waals surface area contributed by atoms with Crippen LogP contribution in [-0.4, -0.2) is 62.7 Å². The van der Waals surface area contributed by atoms with E-state index in [0.29, 0.717) is 19.5 Å². The molecule has 7 nitrogen and oxygen atoms in total. The second-order valence-corrected chi connectivity index (χ2v) is 7.20. The van der Waals surface area contributed by atoms with Gasteiger partial charge in [-0.3, -0.25) is 4.79 Å². The van der Waals surface area contributed by atoms with Crippen LogP contribution in [-0.2, 0) is 4.79 Å². The monoisotopic (exact) mass is 390 g/mol. The van der Waals surface area contributed by atoms with Crippen LogP contribution in [0.15, 0.2) is 24.3 Å². The number of anilines is 1. The summed E-state index contributed by atoms with van der Waals surface area (Å²) in [4.78, 5) is 28.6. The molecule has 156 valence electrons. The highest BCUT2D eigenvalue weighted by atomic mass is 16.5. The van der Waals surface area contributed by atoms with Gasteiger partial charge in [0.2, 0.25) is 5.91 Å². The van der Waals surface area contributed by atoms with E-state index in [1.807, 2.05) is 24.3 Å². The molecular formula is C21H34N4O3. The van der Waals surface area contributed by atoms with Crippen LogP contribution in [0.1, 0.15) is 39.5 Å². The lowest BCUT2D eigenvalue weighted by atomic mass is 10.2. The number of carbonyl (C=O) groups excluding carboxylic acids is 2. The molecule has 7 heteroatoms. The van der Waals surface area contributed by atoms with Crippen molar-refractivity contribution in [3.8, 4) is 5.75 Å². The van der Waals surface area contributed by atoms with Gasteiger partial charge in [-0.1, -0.05) is 13.8 Å². The highest BCUT2D eigenvalue weighted by Gasteiger charge is 2.31. The second kappa shape index (κ2) is 11.5. The number of hydrogen-bond donors (Lipinski definition) is 2. The molecule has 3 amide bonds. The Hall–Kier alpha value is -2.28. The molecule has 0 aliphatic carbocycles. The first-order valence-electron chi connectivity index (χ1n) is 10.3. The van der Waals surface area contributed by atoms with E-state index in [0.717, 1.165) is 50.3 Å². The number of hydrogen-bond acceptors (Lipinski definition) is 4. The summed E-state index contributed by atoms with van der Waals surface area (Å²) in [7, 11) is 1.61. The van der Waals surface area contributed by atoms with Gasteiger partial charge in [0.1, 0.15) is 5.75 Å². The van der Waals surface area contributed by atoms with E-state index < -0.39 is 0 Å². The zero-order valence-corrected chi connectivity index (χ0v) is 17.4. The molecular weight excluding hydrogens is 356 g/mol. The number of ether oxygens (including phenoxy) is 1. The zero-order valence-electron chi connectivity index (χ0n) is 17.4. The molecule has 28 heavy (non-hydrogen) atoms. The number of nitrogens with one attached hydrogen (secondary N) is 2. The minimum atomic E-state index is -0.202. The van der Waals surface area contributed by atoms with Gasteiger partial charge in [0, 0.05) is 25.2 Å². The van der Waals surface area contributed by atoms with Crippen molar-refractivity contribution in [3.63, 3.8) is 0 Å². The van der Waals surface area contributed by atoms with E-state index in [1.165, 1.54) is 0 Å². The van der Waals surface area contributed by atoms with Gasteiger partial charge in [0.15, 0.2) is 0 Å². The van der Waals surface area contributed by atoms with Crippen molar-refractivity contribution in [2.24, 2.45) is 0 Å². The Balaban J connectivity index is 1.71. The molecule has 1 atom stereocenters. The number of amides is 3. The van der Waals surface area contributed by atoms with E-state index in [4.69, 9.17) is 4.74 Å². The number of carbonyl (C=O) groups is 2. The molecule has 1 aliphatic rings. The largest absolute Gasteiger partial charge is 0.497 e. The molecule has 0 spiro atoms. The fraction of sp³-hybridized carbons (Fsp3) is 0.619. The first-order valence-corrected chi connectivity index (χ1v) is 10.3. The Bertz CT molecular complexity index is 615. The van der Waals surface area contributed by atoms with Crippen LogP contribution in [0, 0.1) is 0 Å². The van der Waals surface area contributed by atoms with Crippen molar-refractivity contribution in [2.45, 2.75) is 45.6 Å². The molecule has 1 aliphatic heterocycles. The summed E-state index contributed by atoms with van der Waals surface area (Å²) >= 11 is 0. The molecule has 2 N–H and O–H groups in total. The first kappa shape index (κ1) is 22.0. The van der Waals surface area contributed by atoms with Crippen LogP contribution in [0.5, 0.6) is 5.75 Å². The van der Waals surface area contributed by atoms with E-state index in [-0.39, 0.29) is 18.0 Å². The highest BCUT2D eigenvalue weighted by molar-refractivity contribution is 5.96. The third-order valence-electron chi connectivity index (χ3n) is 4.86. The van der Waals surface area contributed by atoms with Crippen molar-refractivity contribution >= 4 is 17.6 Å². The summed E-state index contributed by atoms with van der Waals surface area (Å²) in [5.74, 6) is 0.770. The fourth-order valence-electron chi connectivity index (χ4n) is 3.52. The molecule has 0 radical (unpaired) electrons. The molecule has 1 aromatic carbocycles. The minimum Gasteiger partial charge on any atom is -0.497 e. The first-order chi connectivity index (χ1) is 13.6. The molecule has 1 aromatic rings. The molecule has 1 fully saturated rings. The third kappa shape index (κ3) is 6.71. The van der Waals surface area contributed by atoms with Crippen LogP contribution in [0.2, 0.25) is 0 Å². The maximum absolute atomic E-state index is 12.3. The fourth-order valence-corrected chi connectivity index (χ4v) is 3.52. The van der Waals surface area contributed by atoms with Gasteiger partial charge in [0.05, 0.1) is 13.2 Å². The van der Waals surface area contributed by atoms with Crippen molar-refractivity contribution in [1.82, 2.24) is 15.5 Å². The smallest absolute Gasteiger partial charge is 0.315 e. The molecule has 1 saturated heterocycles. The number of rotatable bonds is 11. The molecule has 0 saturated carbocycles. The Morgan fingerprint density at radius 3 is 2.46 bits per heavy atom. The van der Waals surface area contributed by atoms with Crippen LogP contribution in [0.25, 0.3) is 0 Å². The standard InChI is InChI=1S/C21H34N4O3/c1-4-12-24(13-5-2)14-6-11-22-21(27)23-17-15-20(26)25(16-17)18-7-9-19(28-3)10-8-18/h7-10,17H,4-6,11-16H2,1-3H3,(H2,22,23,27)/t17-/m0/s1. The number of nitrogens with zero attached hydrogens (tertiary/aromatic N) is 2. The van der Waals surface area contributed by atoms with Crippen molar-refractivity contribution in [2.75, 3.05) is 44.7 Å². The summed E-state index contributed by atoms with van der Waals surface area (Å²) in [5.41, 5.74) is 0.822. The van der Waals surface area contributed by atoms with Crippen LogP contribution >= 0.6 is 0 Å². The quantitative estimate of drug-likeness (QED) is 0.570. The predicted molar refractivity (Wildman–Crippen MR) is 112 cm³/mol. The summed E-state index contributed by atoms with van der Waals surface area (Å²) < 4.78 is 5.15. The highest BCUT2D eigenvalue weighted by Crippen LogP contribution is 2.24. The Kier molecular flexibility index (Phi) is 9.07. The number of methoxy groups -OCH3 is 1. The molecule has 0 unspecified atom stereocenters. The average Bonchev–Trinajstić information content (AvgIpc) is 3.05.